The Morgan fingerprint density at radius 1 is 0.700 bits per heavy atom. The molecule has 1 N–H and O–H groups in total. The Kier molecular flexibility index (Phi) is 17.8. The van der Waals surface area contributed by atoms with Crippen molar-refractivity contribution in [3.63, 3.8) is 0 Å². The van der Waals surface area contributed by atoms with Crippen LogP contribution >= 0.6 is 0 Å². The van der Waals surface area contributed by atoms with Gasteiger partial charge in [-0.3, -0.25) is 0 Å². The van der Waals surface area contributed by atoms with Crippen molar-refractivity contribution in [1.29, 1.82) is 0 Å². The summed E-state index contributed by atoms with van der Waals surface area (Å²) in [6.07, 6.45) is -9.68. The van der Waals surface area contributed by atoms with Crippen molar-refractivity contribution >= 4 is 14.3 Å². The molecule has 2 atom stereocenters. The third kappa shape index (κ3) is 10.7. The number of benzene rings is 1. The van der Waals surface area contributed by atoms with E-state index >= 15 is 0 Å². The van der Waals surface area contributed by atoms with Crippen LogP contribution in [0.4, 0.5) is 74.6 Å². The molecule has 0 saturated carbocycles. The van der Waals surface area contributed by atoms with Gasteiger partial charge in [-0.15, -0.1) is 0 Å². The second-order valence-corrected chi connectivity index (χ2v) is 19.3. The highest BCUT2D eigenvalue weighted by molar-refractivity contribution is 6.76. The molecule has 0 aliphatic rings. The zero-order chi connectivity index (χ0) is 47.3. The van der Waals surface area contributed by atoms with Crippen molar-refractivity contribution in [3.8, 4) is 5.75 Å². The summed E-state index contributed by atoms with van der Waals surface area (Å²) in [5.74, 6) is -57.2. The van der Waals surface area contributed by atoms with Crippen LogP contribution in [0.5, 0.6) is 5.75 Å². The van der Waals surface area contributed by atoms with Gasteiger partial charge in [0.25, 0.3) is 0 Å². The van der Waals surface area contributed by atoms with E-state index in [1.54, 1.807) is 26.8 Å². The van der Waals surface area contributed by atoms with E-state index in [9.17, 15) is 84.5 Å². The van der Waals surface area contributed by atoms with Gasteiger partial charge in [-0.1, -0.05) is 45.9 Å². The third-order valence-electron chi connectivity index (χ3n) is 9.59. The Balaban J connectivity index is 3.24. The first-order chi connectivity index (χ1) is 26.9. The number of halogens is 17. The van der Waals surface area contributed by atoms with Crippen molar-refractivity contribution < 1.29 is 103 Å². The molecule has 0 amide bonds. The van der Waals surface area contributed by atoms with Crippen molar-refractivity contribution in [2.45, 2.75) is 132 Å². The molecule has 1 rings (SSSR count). The average molecular weight is 925 g/mol. The monoisotopic (exact) mass is 924 g/mol. The minimum Gasteiger partial charge on any atom is -0.491 e. The molecule has 0 saturated heterocycles. The number of aliphatic hydroxyl groups is 1. The van der Waals surface area contributed by atoms with Crippen molar-refractivity contribution in [3.05, 3.63) is 53.1 Å². The van der Waals surface area contributed by atoms with Crippen LogP contribution in [-0.2, 0) is 18.7 Å². The maximum atomic E-state index is 14.9. The summed E-state index contributed by atoms with van der Waals surface area (Å²) in [6, 6.07) is 4.32. The fourth-order valence-corrected chi connectivity index (χ4v) is 10.6. The van der Waals surface area contributed by atoms with Crippen molar-refractivity contribution in [1.82, 2.24) is 0 Å². The lowest BCUT2D eigenvalue weighted by Gasteiger charge is -2.44. The number of alkyl halides is 17. The van der Waals surface area contributed by atoms with Gasteiger partial charge in [-0.05, 0) is 66.7 Å². The molecule has 0 aliphatic heterocycles. The van der Waals surface area contributed by atoms with Crippen LogP contribution in [-0.4, -0.2) is 100 Å². The normalized spacial score (nSPS) is 16.1. The van der Waals surface area contributed by atoms with Crippen LogP contribution in [0.1, 0.15) is 66.6 Å². The van der Waals surface area contributed by atoms with Gasteiger partial charge in [0.1, 0.15) is 24.6 Å². The molecule has 0 fully saturated rings. The van der Waals surface area contributed by atoms with Gasteiger partial charge in [-0.25, -0.2) is 4.79 Å². The first kappa shape index (κ1) is 54.9. The summed E-state index contributed by atoms with van der Waals surface area (Å²) < 4.78 is 256. The molecule has 1 aromatic rings. The highest BCUT2D eigenvalue weighted by Crippen LogP contribution is 2.64. The fraction of sp³-hybridized carbons (Fsp3) is 0.694. The fourth-order valence-electron chi connectivity index (χ4n) is 6.10. The second-order valence-electron chi connectivity index (χ2n) is 14.3. The Morgan fingerprint density at radius 3 is 1.57 bits per heavy atom. The van der Waals surface area contributed by atoms with E-state index in [0.717, 1.165) is 0 Å². The van der Waals surface area contributed by atoms with Gasteiger partial charge in [0.2, 0.25) is 0 Å². The first-order valence-corrected chi connectivity index (χ1v) is 20.0. The van der Waals surface area contributed by atoms with E-state index in [0.29, 0.717) is 16.7 Å². The molecule has 24 heteroatoms. The smallest absolute Gasteiger partial charge is 0.460 e. The van der Waals surface area contributed by atoms with E-state index in [-0.39, 0.29) is 12.4 Å². The van der Waals surface area contributed by atoms with E-state index in [2.05, 4.69) is 0 Å². The van der Waals surface area contributed by atoms with Gasteiger partial charge in [0, 0.05) is 19.6 Å². The molecule has 6 nitrogen and oxygen atoms in total. The predicted octanol–water partition coefficient (Wildman–Crippen LogP) is 11.8. The topological polar surface area (TPSA) is 74.2 Å². The molecular weight excluding hydrogens is 879 g/mol. The van der Waals surface area contributed by atoms with Gasteiger partial charge in [0.15, 0.2) is 8.32 Å². The largest absolute Gasteiger partial charge is 0.491 e. The molecule has 0 unspecified atom stereocenters. The first-order valence-electron chi connectivity index (χ1n) is 17.7. The predicted molar refractivity (Wildman–Crippen MR) is 184 cm³/mol. The molecule has 0 heterocycles. The summed E-state index contributed by atoms with van der Waals surface area (Å²) in [4.78, 5) is 11.7. The number of methoxy groups -OCH3 is 1. The van der Waals surface area contributed by atoms with Crippen molar-refractivity contribution in [2.24, 2.45) is 0 Å². The van der Waals surface area contributed by atoms with Crippen LogP contribution in [0.2, 0.25) is 17.1 Å². The van der Waals surface area contributed by atoms with Gasteiger partial charge < -0.3 is 23.7 Å². The number of carbonyl (C=O) groups excluding carboxylic acids is 1. The lowest BCUT2D eigenvalue weighted by Crippen LogP contribution is -2.74. The summed E-state index contributed by atoms with van der Waals surface area (Å²) in [5.41, 5.74) is -0.383. The Hall–Kier alpha value is -3.12. The van der Waals surface area contributed by atoms with Crippen LogP contribution in [0, 0.1) is 0 Å². The van der Waals surface area contributed by atoms with E-state index in [1.165, 1.54) is 65.1 Å². The van der Waals surface area contributed by atoms with Crippen molar-refractivity contribution in [2.75, 3.05) is 26.9 Å². The number of hydrogen-bond acceptors (Lipinski definition) is 6. The van der Waals surface area contributed by atoms with Gasteiger partial charge in [-0.2, -0.15) is 74.6 Å². The number of hydrogen-bond donors (Lipinski definition) is 1. The maximum Gasteiger partial charge on any atom is 0.460 e. The summed E-state index contributed by atoms with van der Waals surface area (Å²) in [6.45, 7) is 9.43. The number of aliphatic hydroxyl groups excluding tert-OH is 1. The molecule has 0 aliphatic carbocycles. The number of allylic oxidation sites excluding steroid dienone is 2. The molecule has 348 valence electrons. The van der Waals surface area contributed by atoms with Crippen LogP contribution in [0.3, 0.4) is 0 Å². The number of rotatable bonds is 23. The quantitative estimate of drug-likeness (QED) is 0.0294. The van der Waals surface area contributed by atoms with E-state index in [4.69, 9.17) is 18.6 Å². The van der Waals surface area contributed by atoms with Gasteiger partial charge in [0.05, 0.1) is 13.2 Å². The third-order valence-corrected chi connectivity index (χ3v) is 15.3. The summed E-state index contributed by atoms with van der Waals surface area (Å²) >= 11 is 0. The molecular formula is C36H45F17O6Si. The second kappa shape index (κ2) is 19.5. The Labute approximate surface area is 335 Å². The van der Waals surface area contributed by atoms with Crippen LogP contribution < -0.4 is 4.74 Å². The summed E-state index contributed by atoms with van der Waals surface area (Å²) in [7, 11) is -2.64. The average Bonchev–Trinajstić information content (AvgIpc) is 3.10. The highest BCUT2D eigenvalue weighted by atomic mass is 28.4. The zero-order valence-corrected chi connectivity index (χ0v) is 34.2. The highest BCUT2D eigenvalue weighted by Gasteiger charge is 2.95. The minimum absolute atomic E-state index is 0.134. The lowest BCUT2D eigenvalue weighted by molar-refractivity contribution is -0.461. The molecule has 0 aromatic heterocycles. The molecule has 60 heavy (non-hydrogen) atoms. The Morgan fingerprint density at radius 2 is 1.15 bits per heavy atom. The Bertz CT molecular complexity index is 1620. The minimum atomic E-state index is -8.69. The molecule has 0 radical (unpaired) electrons. The lowest BCUT2D eigenvalue weighted by atomic mass is 9.88. The molecule has 0 bridgehead atoms. The number of ether oxygens (including phenoxy) is 3. The standard InChI is InChI=1S/C36H45F17O6Si/c1-9-57-26(54)19-22(6)18-23(7)28(56-8)27(55)24-10-12-25(13-11-24)58-15-16-59-60(20(2)3,21(4)5)17-14-29(37,38)30(39,40)31(41,42)32(43,44)33(45,46)34(47,48)35(49,50)36(51,52)53/h10-13,18-21,27-28,55H,9,14-17H2,1-8H3/b22-19+,23-18+/t27-,28-/m1/s1. The number of esters is 1. The van der Waals surface area contributed by atoms with Gasteiger partial charge >= 0.3 is 53.6 Å². The van der Waals surface area contributed by atoms with E-state index in [1.807, 2.05) is 0 Å². The number of carbonyl (C=O) groups is 1. The summed E-state index contributed by atoms with van der Waals surface area (Å²) in [5, 5.41) is 11.0. The van der Waals surface area contributed by atoms with Crippen LogP contribution in [0.15, 0.2) is 47.6 Å². The zero-order valence-electron chi connectivity index (χ0n) is 33.2. The van der Waals surface area contributed by atoms with Crippen LogP contribution in [0.25, 0.3) is 0 Å². The van der Waals surface area contributed by atoms with E-state index < -0.39 is 111 Å². The SMILES string of the molecule is CCOC(=O)/C=C(C)/C=C(\C)[C@@H](OC)[C@H](O)c1ccc(OCCO[Si](CCC(F)(F)C(F)(F)C(F)(F)C(F)(F)C(F)(F)C(F)(F)C(F)(F)C(F)(F)F)(C(C)C)C(C)C)cc1. The maximum absolute atomic E-state index is 14.9. The molecule has 0 spiro atoms. The molecule has 1 aromatic carbocycles.